The number of hydrogen-bond donors (Lipinski definition) is 0. The number of rotatable bonds is 3. The number of fused-ring (bicyclic) bond motifs is 1. The van der Waals surface area contributed by atoms with Crippen molar-refractivity contribution in [2.45, 2.75) is 12.6 Å². The average Bonchev–Trinajstić information content (AvgIpc) is 3.05. The fourth-order valence-electron chi connectivity index (χ4n) is 2.99. The van der Waals surface area contributed by atoms with Crippen molar-refractivity contribution >= 4 is 28.1 Å². The van der Waals surface area contributed by atoms with Gasteiger partial charge in [0, 0.05) is 48.3 Å². The summed E-state index contributed by atoms with van der Waals surface area (Å²) in [5, 5.41) is 1.90. The van der Waals surface area contributed by atoms with E-state index in [1.807, 2.05) is 17.1 Å². The molecular weight excluding hydrogens is 326 g/mol. The molecule has 2 aromatic heterocycles. The third-order valence-electron chi connectivity index (χ3n) is 4.14. The summed E-state index contributed by atoms with van der Waals surface area (Å²) >= 11 is 3.50. The Balaban J connectivity index is 1.63. The fourth-order valence-corrected chi connectivity index (χ4v) is 4.88. The van der Waals surface area contributed by atoms with E-state index in [4.69, 9.17) is 0 Å². The molecule has 1 aromatic carbocycles. The molecule has 4 rings (SSSR count). The zero-order valence-electron chi connectivity index (χ0n) is 12.6. The van der Waals surface area contributed by atoms with Crippen LogP contribution in [-0.2, 0) is 6.54 Å². The van der Waals surface area contributed by atoms with E-state index >= 15 is 0 Å². The van der Waals surface area contributed by atoms with Crippen LogP contribution in [0.2, 0.25) is 0 Å². The normalized spacial score (nSPS) is 19.2. The molecule has 118 valence electrons. The van der Waals surface area contributed by atoms with Crippen molar-refractivity contribution in [3.63, 3.8) is 0 Å². The summed E-state index contributed by atoms with van der Waals surface area (Å²) in [5.74, 6) is 2.22. The molecule has 1 unspecified atom stereocenters. The van der Waals surface area contributed by atoms with Crippen LogP contribution < -0.4 is 5.56 Å². The second-order valence-corrected chi connectivity index (χ2v) is 7.64. The molecule has 1 saturated heterocycles. The Hall–Kier alpha value is -1.63. The number of thioether (sulfide) groups is 1. The van der Waals surface area contributed by atoms with Crippen molar-refractivity contribution in [1.29, 1.82) is 0 Å². The molecule has 3 heterocycles. The van der Waals surface area contributed by atoms with Crippen LogP contribution >= 0.6 is 23.1 Å². The average molecular weight is 343 g/mol. The lowest BCUT2D eigenvalue weighted by atomic mass is 10.1. The van der Waals surface area contributed by atoms with Crippen LogP contribution in [-0.4, -0.2) is 32.3 Å². The highest BCUT2D eigenvalue weighted by molar-refractivity contribution is 7.99. The van der Waals surface area contributed by atoms with Gasteiger partial charge in [-0.3, -0.25) is 14.1 Å². The van der Waals surface area contributed by atoms with Crippen LogP contribution in [0.5, 0.6) is 0 Å². The van der Waals surface area contributed by atoms with E-state index in [0.717, 1.165) is 35.3 Å². The predicted octanol–water partition coefficient (Wildman–Crippen LogP) is 3.05. The van der Waals surface area contributed by atoms with Gasteiger partial charge in [-0.25, -0.2) is 4.98 Å². The predicted molar refractivity (Wildman–Crippen MR) is 96.3 cm³/mol. The van der Waals surface area contributed by atoms with Crippen LogP contribution in [0.3, 0.4) is 0 Å². The van der Waals surface area contributed by atoms with Gasteiger partial charge in [0.25, 0.3) is 5.56 Å². The van der Waals surface area contributed by atoms with Crippen molar-refractivity contribution in [2.24, 2.45) is 0 Å². The third-order valence-corrected chi connectivity index (χ3v) is 5.92. The first-order chi connectivity index (χ1) is 11.3. The Morgan fingerprint density at radius 1 is 1.26 bits per heavy atom. The summed E-state index contributed by atoms with van der Waals surface area (Å²) in [4.78, 5) is 20.0. The van der Waals surface area contributed by atoms with E-state index in [0.29, 0.717) is 6.04 Å². The number of aromatic nitrogens is 2. The second kappa shape index (κ2) is 6.47. The maximum absolute atomic E-state index is 12.2. The maximum atomic E-state index is 12.2. The van der Waals surface area contributed by atoms with Gasteiger partial charge in [0.2, 0.25) is 0 Å². The Morgan fingerprint density at radius 3 is 3.00 bits per heavy atom. The second-order valence-electron chi connectivity index (χ2n) is 5.61. The van der Waals surface area contributed by atoms with Gasteiger partial charge in [0.1, 0.15) is 0 Å². The van der Waals surface area contributed by atoms with Crippen LogP contribution in [0.1, 0.15) is 17.3 Å². The summed E-state index contributed by atoms with van der Waals surface area (Å²) in [6, 6.07) is 12.7. The lowest BCUT2D eigenvalue weighted by molar-refractivity contribution is 0.209. The fraction of sp³-hybridized carbons (Fsp3) is 0.294. The molecule has 0 radical (unpaired) electrons. The molecule has 0 bridgehead atoms. The minimum absolute atomic E-state index is 0.00824. The smallest absolute Gasteiger partial charge is 0.258 e. The van der Waals surface area contributed by atoms with Gasteiger partial charge in [-0.15, -0.1) is 11.3 Å². The Labute approximate surface area is 142 Å². The van der Waals surface area contributed by atoms with Gasteiger partial charge in [-0.05, 0) is 5.56 Å². The van der Waals surface area contributed by atoms with Crippen LogP contribution in [0.15, 0.2) is 52.8 Å². The molecule has 0 N–H and O–H groups in total. The van der Waals surface area contributed by atoms with E-state index in [1.54, 1.807) is 16.7 Å². The van der Waals surface area contributed by atoms with Crippen LogP contribution in [0, 0.1) is 0 Å². The summed E-state index contributed by atoms with van der Waals surface area (Å²) in [7, 11) is 0. The van der Waals surface area contributed by atoms with Crippen LogP contribution in [0.25, 0.3) is 4.96 Å². The van der Waals surface area contributed by atoms with E-state index in [2.05, 4.69) is 40.2 Å². The highest BCUT2D eigenvalue weighted by Gasteiger charge is 2.24. The molecule has 0 spiro atoms. The highest BCUT2D eigenvalue weighted by Crippen LogP contribution is 2.30. The number of nitrogens with zero attached hydrogens (tertiary/aromatic N) is 3. The summed E-state index contributed by atoms with van der Waals surface area (Å²) in [5.41, 5.74) is 2.22. The molecule has 1 aliphatic rings. The van der Waals surface area contributed by atoms with Crippen LogP contribution in [0.4, 0.5) is 0 Å². The summed E-state index contributed by atoms with van der Waals surface area (Å²) in [6.07, 6.45) is 1.78. The third kappa shape index (κ3) is 3.06. The standard InChI is InChI=1S/C17H17N3OS2/c21-16-10-14(18-17-20(16)7-9-23-17)11-19-6-8-22-12-15(19)13-4-2-1-3-5-13/h1-5,7,9-10,15H,6,8,11-12H2. The highest BCUT2D eigenvalue weighted by atomic mass is 32.2. The quantitative estimate of drug-likeness (QED) is 0.732. The Kier molecular flexibility index (Phi) is 4.20. The van der Waals surface area contributed by atoms with Crippen molar-refractivity contribution in [1.82, 2.24) is 14.3 Å². The number of thiazole rings is 1. The molecule has 6 heteroatoms. The van der Waals surface area contributed by atoms with E-state index < -0.39 is 0 Å². The molecule has 1 fully saturated rings. The first kappa shape index (κ1) is 14.9. The Bertz CT molecular complexity index is 859. The molecule has 1 atom stereocenters. The lowest BCUT2D eigenvalue weighted by Gasteiger charge is -2.35. The molecule has 23 heavy (non-hydrogen) atoms. The SMILES string of the molecule is O=c1cc(CN2CCSCC2c2ccccc2)nc2sccn12. The van der Waals surface area contributed by atoms with Gasteiger partial charge in [0.05, 0.1) is 5.69 Å². The van der Waals surface area contributed by atoms with Gasteiger partial charge in [-0.1, -0.05) is 30.3 Å². The summed E-state index contributed by atoms with van der Waals surface area (Å²) in [6.45, 7) is 1.75. The number of benzene rings is 1. The zero-order valence-corrected chi connectivity index (χ0v) is 14.2. The minimum Gasteiger partial charge on any atom is -0.289 e. The molecular formula is C17H17N3OS2. The van der Waals surface area contributed by atoms with Crippen molar-refractivity contribution in [3.05, 3.63) is 69.6 Å². The molecule has 4 nitrogen and oxygen atoms in total. The Morgan fingerprint density at radius 2 is 2.13 bits per heavy atom. The van der Waals surface area contributed by atoms with E-state index in [1.165, 1.54) is 16.9 Å². The topological polar surface area (TPSA) is 37.6 Å². The van der Waals surface area contributed by atoms with E-state index in [-0.39, 0.29) is 5.56 Å². The van der Waals surface area contributed by atoms with Gasteiger partial charge in [0.15, 0.2) is 4.96 Å². The number of hydrogen-bond acceptors (Lipinski definition) is 5. The van der Waals surface area contributed by atoms with Crippen molar-refractivity contribution in [3.8, 4) is 0 Å². The minimum atomic E-state index is 0.00824. The first-order valence-corrected chi connectivity index (χ1v) is 9.67. The van der Waals surface area contributed by atoms with Gasteiger partial charge >= 0.3 is 0 Å². The van der Waals surface area contributed by atoms with Crippen molar-refractivity contribution < 1.29 is 0 Å². The lowest BCUT2D eigenvalue weighted by Crippen LogP contribution is -2.36. The van der Waals surface area contributed by atoms with Crippen molar-refractivity contribution in [2.75, 3.05) is 18.1 Å². The maximum Gasteiger partial charge on any atom is 0.258 e. The molecule has 0 saturated carbocycles. The molecule has 0 aliphatic carbocycles. The monoisotopic (exact) mass is 343 g/mol. The zero-order chi connectivity index (χ0) is 15.6. The van der Waals surface area contributed by atoms with Gasteiger partial charge in [-0.2, -0.15) is 11.8 Å². The molecule has 0 amide bonds. The largest absolute Gasteiger partial charge is 0.289 e. The first-order valence-electron chi connectivity index (χ1n) is 7.64. The van der Waals surface area contributed by atoms with E-state index in [9.17, 15) is 4.79 Å². The van der Waals surface area contributed by atoms with Gasteiger partial charge < -0.3 is 0 Å². The molecule has 3 aromatic rings. The molecule has 1 aliphatic heterocycles. The summed E-state index contributed by atoms with van der Waals surface area (Å²) < 4.78 is 1.61.